The summed E-state index contributed by atoms with van der Waals surface area (Å²) >= 11 is 0. The molecule has 1 aliphatic heterocycles. The summed E-state index contributed by atoms with van der Waals surface area (Å²) in [6.45, 7) is 0.853. The van der Waals surface area contributed by atoms with E-state index < -0.39 is 6.04 Å². The van der Waals surface area contributed by atoms with E-state index in [1.165, 1.54) is 0 Å². The van der Waals surface area contributed by atoms with Crippen LogP contribution in [-0.2, 0) is 11.2 Å². The summed E-state index contributed by atoms with van der Waals surface area (Å²) in [7, 11) is 3.26. The van der Waals surface area contributed by atoms with Gasteiger partial charge in [-0.05, 0) is 42.6 Å². The Kier molecular flexibility index (Phi) is 7.09. The number of methoxy groups -OCH3 is 2. The highest BCUT2D eigenvalue weighted by atomic mass is 16.5. The van der Waals surface area contributed by atoms with Gasteiger partial charge in [0.25, 0.3) is 0 Å². The van der Waals surface area contributed by atoms with Crippen LogP contribution in [0, 0.1) is 11.3 Å². The van der Waals surface area contributed by atoms with Crippen LogP contribution in [0.5, 0.6) is 11.5 Å². The van der Waals surface area contributed by atoms with Gasteiger partial charge in [-0.2, -0.15) is 5.26 Å². The van der Waals surface area contributed by atoms with Crippen molar-refractivity contribution in [3.8, 4) is 28.7 Å². The number of carbonyl (C=O) groups excluding carboxylic acids is 1. The third-order valence-corrected chi connectivity index (χ3v) is 5.21. The van der Waals surface area contributed by atoms with Crippen LogP contribution < -0.4 is 20.1 Å². The predicted octanol–water partition coefficient (Wildman–Crippen LogP) is 3.06. The third kappa shape index (κ3) is 5.27. The Hall–Kier alpha value is -3.04. The van der Waals surface area contributed by atoms with Gasteiger partial charge in [0.05, 0.1) is 26.3 Å². The van der Waals surface area contributed by atoms with Crippen molar-refractivity contribution in [2.24, 2.45) is 0 Å². The number of nitrogens with one attached hydrogen (secondary N) is 2. The van der Waals surface area contributed by atoms with E-state index in [0.717, 1.165) is 54.0 Å². The number of nitriles is 1. The maximum atomic E-state index is 12.4. The van der Waals surface area contributed by atoms with E-state index in [2.05, 4.69) is 16.7 Å². The van der Waals surface area contributed by atoms with E-state index in [1.54, 1.807) is 14.2 Å². The van der Waals surface area contributed by atoms with Crippen molar-refractivity contribution >= 4 is 5.91 Å². The molecular weight excluding hydrogens is 366 g/mol. The highest BCUT2D eigenvalue weighted by Crippen LogP contribution is 2.33. The van der Waals surface area contributed by atoms with Crippen LogP contribution in [0.15, 0.2) is 42.5 Å². The molecule has 0 aromatic heterocycles. The molecule has 2 aromatic rings. The molecule has 0 saturated carbocycles. The first-order valence-corrected chi connectivity index (χ1v) is 9.89. The summed E-state index contributed by atoms with van der Waals surface area (Å²) in [6, 6.07) is 15.1. The number of nitrogens with zero attached hydrogens (tertiary/aromatic N) is 1. The van der Waals surface area contributed by atoms with Crippen LogP contribution in [0.25, 0.3) is 11.1 Å². The van der Waals surface area contributed by atoms with Crippen LogP contribution in [-0.4, -0.2) is 38.8 Å². The minimum absolute atomic E-state index is 0.0872. The number of hydrogen-bond donors (Lipinski definition) is 2. The lowest BCUT2D eigenvalue weighted by atomic mass is 9.99. The van der Waals surface area contributed by atoms with Gasteiger partial charge in [0, 0.05) is 18.1 Å². The standard InChI is InChI=1S/C23H27N3O3/c1-28-19-10-11-20(22(14-19)29-2)17-8-6-16(7-9-17)13-18(15-24)26-23(27)21-5-3-4-12-25-21/h6-11,14,18,21,25H,3-5,12-13H2,1-2H3,(H,26,27)/t18-,21-/m0/s1. The molecular formula is C23H27N3O3. The van der Waals surface area contributed by atoms with Gasteiger partial charge < -0.3 is 20.1 Å². The Bertz CT molecular complexity index is 868. The summed E-state index contributed by atoms with van der Waals surface area (Å²) < 4.78 is 10.7. The Morgan fingerprint density at radius 2 is 2.00 bits per heavy atom. The van der Waals surface area contributed by atoms with Crippen molar-refractivity contribution in [3.63, 3.8) is 0 Å². The van der Waals surface area contributed by atoms with E-state index in [0.29, 0.717) is 6.42 Å². The van der Waals surface area contributed by atoms with Gasteiger partial charge >= 0.3 is 0 Å². The molecule has 3 rings (SSSR count). The zero-order chi connectivity index (χ0) is 20.6. The van der Waals surface area contributed by atoms with Gasteiger partial charge in [-0.1, -0.05) is 30.7 Å². The topological polar surface area (TPSA) is 83.4 Å². The molecule has 0 unspecified atom stereocenters. The lowest BCUT2D eigenvalue weighted by Gasteiger charge is -2.23. The second kappa shape index (κ2) is 9.94. The van der Waals surface area contributed by atoms with Crippen LogP contribution >= 0.6 is 0 Å². The van der Waals surface area contributed by atoms with Crippen molar-refractivity contribution in [1.29, 1.82) is 5.26 Å². The Labute approximate surface area is 171 Å². The smallest absolute Gasteiger partial charge is 0.238 e. The molecule has 1 amide bonds. The maximum Gasteiger partial charge on any atom is 0.238 e. The molecule has 1 saturated heterocycles. The van der Waals surface area contributed by atoms with E-state index in [-0.39, 0.29) is 11.9 Å². The van der Waals surface area contributed by atoms with Gasteiger partial charge in [-0.25, -0.2) is 0 Å². The maximum absolute atomic E-state index is 12.4. The molecule has 6 heteroatoms. The van der Waals surface area contributed by atoms with Crippen LogP contribution in [0.1, 0.15) is 24.8 Å². The molecule has 2 aromatic carbocycles. The van der Waals surface area contributed by atoms with Crippen LogP contribution in [0.2, 0.25) is 0 Å². The van der Waals surface area contributed by atoms with Crippen molar-refractivity contribution in [2.75, 3.05) is 20.8 Å². The van der Waals surface area contributed by atoms with E-state index in [9.17, 15) is 10.1 Å². The molecule has 152 valence electrons. The van der Waals surface area contributed by atoms with Crippen molar-refractivity contribution in [1.82, 2.24) is 10.6 Å². The highest BCUT2D eigenvalue weighted by Gasteiger charge is 2.23. The first kappa shape index (κ1) is 20.7. The normalized spacial score (nSPS) is 17.1. The molecule has 1 aliphatic rings. The monoisotopic (exact) mass is 393 g/mol. The van der Waals surface area contributed by atoms with Gasteiger partial charge in [-0.3, -0.25) is 4.79 Å². The lowest BCUT2D eigenvalue weighted by molar-refractivity contribution is -0.124. The average Bonchev–Trinajstić information content (AvgIpc) is 2.79. The molecule has 6 nitrogen and oxygen atoms in total. The van der Waals surface area contributed by atoms with Gasteiger partial charge in [0.2, 0.25) is 5.91 Å². The Morgan fingerprint density at radius 1 is 1.21 bits per heavy atom. The first-order valence-electron chi connectivity index (χ1n) is 9.89. The van der Waals surface area contributed by atoms with Gasteiger partial charge in [0.15, 0.2) is 0 Å². The summed E-state index contributed by atoms with van der Waals surface area (Å²) in [5, 5.41) is 15.6. The van der Waals surface area contributed by atoms with Crippen LogP contribution in [0.4, 0.5) is 0 Å². The van der Waals surface area contributed by atoms with E-state index in [1.807, 2.05) is 42.5 Å². The largest absolute Gasteiger partial charge is 0.497 e. The van der Waals surface area contributed by atoms with Crippen molar-refractivity contribution in [2.45, 2.75) is 37.8 Å². The molecule has 29 heavy (non-hydrogen) atoms. The van der Waals surface area contributed by atoms with Crippen molar-refractivity contribution < 1.29 is 14.3 Å². The molecule has 2 N–H and O–H groups in total. The number of benzene rings is 2. The molecule has 1 fully saturated rings. The fourth-order valence-corrected chi connectivity index (χ4v) is 3.57. The number of carbonyl (C=O) groups is 1. The third-order valence-electron chi connectivity index (χ3n) is 5.21. The second-order valence-electron chi connectivity index (χ2n) is 7.16. The zero-order valence-corrected chi connectivity index (χ0v) is 16.9. The molecule has 0 aliphatic carbocycles. The number of hydrogen-bond acceptors (Lipinski definition) is 5. The molecule has 2 atom stereocenters. The van der Waals surface area contributed by atoms with E-state index >= 15 is 0 Å². The minimum atomic E-state index is -0.549. The Morgan fingerprint density at radius 3 is 2.62 bits per heavy atom. The highest BCUT2D eigenvalue weighted by molar-refractivity contribution is 5.82. The first-order chi connectivity index (χ1) is 14.1. The minimum Gasteiger partial charge on any atom is -0.497 e. The summed E-state index contributed by atoms with van der Waals surface area (Å²) in [5.41, 5.74) is 2.97. The van der Waals surface area contributed by atoms with Gasteiger partial charge in [-0.15, -0.1) is 0 Å². The molecule has 0 spiro atoms. The number of ether oxygens (including phenoxy) is 2. The molecule has 0 bridgehead atoms. The SMILES string of the molecule is COc1ccc(-c2ccc(C[C@@H](C#N)NC(=O)[C@@H]3CCCCN3)cc2)c(OC)c1. The van der Waals surface area contributed by atoms with Crippen LogP contribution in [0.3, 0.4) is 0 Å². The fourth-order valence-electron chi connectivity index (χ4n) is 3.57. The second-order valence-corrected chi connectivity index (χ2v) is 7.16. The molecule has 0 radical (unpaired) electrons. The Balaban J connectivity index is 1.66. The number of rotatable bonds is 7. The van der Waals surface area contributed by atoms with Crippen molar-refractivity contribution in [3.05, 3.63) is 48.0 Å². The lowest BCUT2D eigenvalue weighted by Crippen LogP contribution is -2.49. The number of amides is 1. The summed E-state index contributed by atoms with van der Waals surface area (Å²) in [4.78, 5) is 12.4. The van der Waals surface area contributed by atoms with E-state index in [4.69, 9.17) is 9.47 Å². The zero-order valence-electron chi connectivity index (χ0n) is 16.9. The molecule has 1 heterocycles. The van der Waals surface area contributed by atoms with Gasteiger partial charge in [0.1, 0.15) is 17.5 Å². The average molecular weight is 393 g/mol. The predicted molar refractivity (Wildman–Crippen MR) is 112 cm³/mol. The summed E-state index contributed by atoms with van der Waals surface area (Å²) in [5.74, 6) is 1.39. The quantitative estimate of drug-likeness (QED) is 0.755. The fraction of sp³-hybridized carbons (Fsp3) is 0.391. The number of piperidine rings is 1. The summed E-state index contributed by atoms with van der Waals surface area (Å²) in [6.07, 6.45) is 3.42.